The molecule has 118 valence electrons. The zero-order valence-corrected chi connectivity index (χ0v) is 14.2. The van der Waals surface area contributed by atoms with Gasteiger partial charge in [-0.3, -0.25) is 9.59 Å². The second-order valence-electron chi connectivity index (χ2n) is 6.78. The van der Waals surface area contributed by atoms with E-state index in [0.29, 0.717) is 12.2 Å². The first kappa shape index (κ1) is 15.5. The number of cyclic esters (lactones) is 2. The largest absolute Gasteiger partial charge is 0.431 e. The third-order valence-corrected chi connectivity index (χ3v) is 5.78. The summed E-state index contributed by atoms with van der Waals surface area (Å²) in [6.07, 6.45) is 5.04. The average molecular weight is 369 g/mol. The van der Waals surface area contributed by atoms with Crippen LogP contribution >= 0.6 is 15.9 Å². The second kappa shape index (κ2) is 4.78. The van der Waals surface area contributed by atoms with Crippen molar-refractivity contribution in [3.05, 3.63) is 23.5 Å². The number of ether oxygens (including phenoxy) is 2. The zero-order valence-electron chi connectivity index (χ0n) is 12.6. The Kier molecular flexibility index (Phi) is 3.36. The van der Waals surface area contributed by atoms with E-state index in [-0.39, 0.29) is 5.41 Å². The number of hydrogen-bond donors (Lipinski definition) is 0. The van der Waals surface area contributed by atoms with Gasteiger partial charge in [-0.15, -0.1) is 0 Å². The molecule has 2 aliphatic carbocycles. The van der Waals surface area contributed by atoms with Crippen molar-refractivity contribution in [3.63, 3.8) is 0 Å². The number of esters is 3. The molecule has 0 bridgehead atoms. The quantitative estimate of drug-likeness (QED) is 0.308. The number of carbonyl (C=O) groups excluding carboxylic acids is 3. The van der Waals surface area contributed by atoms with Gasteiger partial charge in [0.25, 0.3) is 0 Å². The van der Waals surface area contributed by atoms with E-state index in [1.165, 1.54) is 6.92 Å². The number of rotatable bonds is 1. The molecule has 0 spiro atoms. The third kappa shape index (κ3) is 2.16. The van der Waals surface area contributed by atoms with Crippen molar-refractivity contribution in [2.75, 3.05) is 0 Å². The van der Waals surface area contributed by atoms with Gasteiger partial charge in [0.15, 0.2) is 4.32 Å². The molecule has 1 aliphatic heterocycles. The van der Waals surface area contributed by atoms with Gasteiger partial charge in [0.1, 0.15) is 5.76 Å². The first-order chi connectivity index (χ1) is 10.1. The van der Waals surface area contributed by atoms with Crippen molar-refractivity contribution in [2.45, 2.75) is 37.9 Å². The molecule has 3 rings (SSSR count). The van der Waals surface area contributed by atoms with Gasteiger partial charge >= 0.3 is 17.9 Å². The van der Waals surface area contributed by atoms with Gasteiger partial charge in [-0.25, -0.2) is 4.79 Å². The van der Waals surface area contributed by atoms with E-state index in [9.17, 15) is 14.4 Å². The molecule has 0 aromatic heterocycles. The third-order valence-electron chi connectivity index (χ3n) is 4.44. The fourth-order valence-electron chi connectivity index (χ4n) is 3.66. The second-order valence-corrected chi connectivity index (χ2v) is 8.09. The number of hydrogen-bond acceptors (Lipinski definition) is 5. The van der Waals surface area contributed by atoms with Gasteiger partial charge in [-0.1, -0.05) is 41.4 Å². The molecule has 0 aromatic rings. The highest BCUT2D eigenvalue weighted by Crippen LogP contribution is 2.57. The zero-order chi connectivity index (χ0) is 16.3. The van der Waals surface area contributed by atoms with Gasteiger partial charge in [0.05, 0.1) is 11.8 Å². The molecule has 0 amide bonds. The lowest BCUT2D eigenvalue weighted by molar-refractivity contribution is -0.154. The van der Waals surface area contributed by atoms with Crippen LogP contribution in [0.4, 0.5) is 0 Å². The van der Waals surface area contributed by atoms with Gasteiger partial charge in [-0.05, 0) is 24.3 Å². The average Bonchev–Trinajstić information content (AvgIpc) is 2.57. The van der Waals surface area contributed by atoms with E-state index in [2.05, 4.69) is 15.9 Å². The molecule has 22 heavy (non-hydrogen) atoms. The summed E-state index contributed by atoms with van der Waals surface area (Å²) >= 11 is 3.47. The summed E-state index contributed by atoms with van der Waals surface area (Å²) in [6, 6.07) is 0. The summed E-state index contributed by atoms with van der Waals surface area (Å²) < 4.78 is 9.05. The van der Waals surface area contributed by atoms with Gasteiger partial charge in [0, 0.05) is 6.92 Å². The van der Waals surface area contributed by atoms with Crippen LogP contribution in [0.1, 0.15) is 33.6 Å². The van der Waals surface area contributed by atoms with Crippen molar-refractivity contribution in [3.8, 4) is 0 Å². The minimum atomic E-state index is -1.17. The molecule has 3 aliphatic rings. The molecule has 1 heterocycles. The number of carbonyl (C=O) groups is 3. The smallest absolute Gasteiger partial charge is 0.332 e. The van der Waals surface area contributed by atoms with Crippen LogP contribution in [0.15, 0.2) is 23.5 Å². The van der Waals surface area contributed by atoms with Gasteiger partial charge < -0.3 is 9.47 Å². The first-order valence-electron chi connectivity index (χ1n) is 7.20. The summed E-state index contributed by atoms with van der Waals surface area (Å²) in [5.41, 5.74) is 0.819. The highest BCUT2D eigenvalue weighted by molar-refractivity contribution is 9.10. The maximum absolute atomic E-state index is 12.3. The maximum Gasteiger partial charge on any atom is 0.332 e. The van der Waals surface area contributed by atoms with Crippen LogP contribution in [-0.2, 0) is 23.9 Å². The highest BCUT2D eigenvalue weighted by atomic mass is 79.9. The minimum Gasteiger partial charge on any atom is -0.431 e. The van der Waals surface area contributed by atoms with E-state index in [4.69, 9.17) is 9.47 Å². The Morgan fingerprint density at radius 1 is 1.41 bits per heavy atom. The molecule has 1 fully saturated rings. The van der Waals surface area contributed by atoms with Crippen LogP contribution in [0.25, 0.3) is 0 Å². The minimum absolute atomic E-state index is 0.185. The van der Waals surface area contributed by atoms with Crippen molar-refractivity contribution in [2.24, 2.45) is 17.3 Å². The Hall–Kier alpha value is -1.43. The topological polar surface area (TPSA) is 69.7 Å². The molecule has 0 N–H and O–H groups in total. The predicted octanol–water partition coefficient (Wildman–Crippen LogP) is 2.64. The van der Waals surface area contributed by atoms with Crippen LogP contribution in [-0.4, -0.2) is 22.2 Å². The number of fused-ring (bicyclic) bond motifs is 3. The standard InChI is InChI=1S/C16H17BrO5/c1-8(18)21-11-7-15(2,3)6-9-4-5-10-13(19)22-14(20)16(10,17)12(9)11/h4,7,10,12H,5-6H2,1-3H3/t10-,12+,16-/m0/s1. The summed E-state index contributed by atoms with van der Waals surface area (Å²) in [5, 5.41) is 0. The molecular formula is C16H17BrO5. The van der Waals surface area contributed by atoms with Crippen LogP contribution in [0, 0.1) is 17.3 Å². The first-order valence-corrected chi connectivity index (χ1v) is 7.99. The van der Waals surface area contributed by atoms with Crippen LogP contribution < -0.4 is 0 Å². The van der Waals surface area contributed by atoms with Crippen molar-refractivity contribution >= 4 is 33.8 Å². The van der Waals surface area contributed by atoms with Crippen LogP contribution in [0.3, 0.4) is 0 Å². The monoisotopic (exact) mass is 368 g/mol. The van der Waals surface area contributed by atoms with Gasteiger partial charge in [-0.2, -0.15) is 0 Å². The lowest BCUT2D eigenvalue weighted by Gasteiger charge is -2.43. The van der Waals surface area contributed by atoms with E-state index >= 15 is 0 Å². The van der Waals surface area contributed by atoms with Crippen molar-refractivity contribution in [1.29, 1.82) is 0 Å². The molecule has 0 aromatic carbocycles. The Bertz CT molecular complexity index is 645. The molecule has 1 saturated heterocycles. The summed E-state index contributed by atoms with van der Waals surface area (Å²) in [4.78, 5) is 35.7. The fraction of sp³-hybridized carbons (Fsp3) is 0.562. The van der Waals surface area contributed by atoms with Crippen molar-refractivity contribution < 1.29 is 23.9 Å². The van der Waals surface area contributed by atoms with Crippen LogP contribution in [0.2, 0.25) is 0 Å². The Morgan fingerprint density at radius 2 is 2.09 bits per heavy atom. The summed E-state index contributed by atoms with van der Waals surface area (Å²) in [7, 11) is 0. The molecule has 0 radical (unpaired) electrons. The number of halogens is 1. The van der Waals surface area contributed by atoms with E-state index in [0.717, 1.165) is 12.0 Å². The lowest BCUT2D eigenvalue weighted by Crippen LogP contribution is -2.49. The SMILES string of the molecule is CC(=O)OC1=CC(C)(C)CC2=CC[C@H]3C(=O)OC(=O)[C@@]3(Br)[C@H]21. The molecule has 5 nitrogen and oxygen atoms in total. The van der Waals surface area contributed by atoms with E-state index < -0.39 is 34.1 Å². The van der Waals surface area contributed by atoms with E-state index in [1.54, 1.807) is 0 Å². The fourth-order valence-corrected chi connectivity index (χ4v) is 4.64. The molecule has 6 heteroatoms. The lowest BCUT2D eigenvalue weighted by atomic mass is 9.64. The van der Waals surface area contributed by atoms with Gasteiger partial charge in [0.2, 0.25) is 0 Å². The van der Waals surface area contributed by atoms with Crippen molar-refractivity contribution in [1.82, 2.24) is 0 Å². The number of alkyl halides is 1. The normalized spacial score (nSPS) is 35.8. The molecule has 3 atom stereocenters. The number of allylic oxidation sites excluding steroid dienone is 3. The highest BCUT2D eigenvalue weighted by Gasteiger charge is 2.64. The summed E-state index contributed by atoms with van der Waals surface area (Å²) in [5.74, 6) is -2.22. The molecule has 0 saturated carbocycles. The maximum atomic E-state index is 12.3. The molecule has 0 unspecified atom stereocenters. The predicted molar refractivity (Wildman–Crippen MR) is 80.7 cm³/mol. The van der Waals surface area contributed by atoms with E-state index in [1.807, 2.05) is 26.0 Å². The molecular weight excluding hydrogens is 352 g/mol. The van der Waals surface area contributed by atoms with Crippen LogP contribution in [0.5, 0.6) is 0 Å². The Morgan fingerprint density at radius 3 is 2.73 bits per heavy atom. The Balaban J connectivity index is 2.14. The Labute approximate surface area is 136 Å². The summed E-state index contributed by atoms with van der Waals surface area (Å²) in [6.45, 7) is 5.41.